The normalized spacial score (nSPS) is 12.6. The zero-order valence-electron chi connectivity index (χ0n) is 27.2. The minimum Gasteiger partial charge on any atom is -1.00 e. The third kappa shape index (κ3) is 25.5. The minimum atomic E-state index is -4.02. The Kier molecular flexibility index (Phi) is 29.3. The summed E-state index contributed by atoms with van der Waals surface area (Å²) in [7, 11) is -5.44. The van der Waals surface area contributed by atoms with E-state index in [1.165, 1.54) is 141 Å². The number of hydrogen-bond acceptors (Lipinski definition) is 1. The van der Waals surface area contributed by atoms with Gasteiger partial charge in [-0.15, -0.1) is 0 Å². The van der Waals surface area contributed by atoms with Crippen LogP contribution in [0.4, 0.5) is 0 Å². The molecule has 0 aromatic carbocycles. The van der Waals surface area contributed by atoms with Crippen molar-refractivity contribution in [2.24, 2.45) is 0 Å². The van der Waals surface area contributed by atoms with Gasteiger partial charge in [-0.2, -0.15) is 0 Å². The fourth-order valence-corrected chi connectivity index (χ4v) is 11.1. The van der Waals surface area contributed by atoms with Gasteiger partial charge in [0, 0.05) is 27.3 Å². The molecule has 0 fully saturated rings. The van der Waals surface area contributed by atoms with E-state index in [1.807, 2.05) is 0 Å². The molecule has 0 atom stereocenters. The van der Waals surface area contributed by atoms with E-state index in [-0.39, 0.29) is 35.3 Å². The molecule has 0 saturated heterocycles. The van der Waals surface area contributed by atoms with Gasteiger partial charge in [-0.05, 0) is 25.7 Å². The van der Waals surface area contributed by atoms with Crippen LogP contribution < -0.4 is 24.0 Å². The van der Waals surface area contributed by atoms with Crippen LogP contribution in [0.1, 0.15) is 181 Å². The predicted molar refractivity (Wildman–Crippen MR) is 176 cm³/mol. The SMILES string of the molecule is CCCCCCCCCCCCCCC(CCCCCCCCCCCCCC)(CP(=O)(O)O)[P+](C)(C)C.[I-]. The van der Waals surface area contributed by atoms with Crippen molar-refractivity contribution in [1.29, 1.82) is 0 Å². The van der Waals surface area contributed by atoms with Gasteiger partial charge in [0.25, 0.3) is 0 Å². The van der Waals surface area contributed by atoms with Gasteiger partial charge in [-0.3, -0.25) is 4.57 Å². The Hall–Kier alpha value is 1.31. The maximum atomic E-state index is 12.2. The lowest BCUT2D eigenvalue weighted by atomic mass is 9.94. The average molecular weight is 705 g/mol. The van der Waals surface area contributed by atoms with Crippen LogP contribution in [0.25, 0.3) is 0 Å². The first-order chi connectivity index (χ1) is 18.1. The van der Waals surface area contributed by atoms with E-state index >= 15 is 0 Å². The molecule has 0 heterocycles. The molecule has 0 bridgehead atoms. The van der Waals surface area contributed by atoms with Gasteiger partial charge < -0.3 is 33.8 Å². The highest BCUT2D eigenvalue weighted by Gasteiger charge is 2.50. The monoisotopic (exact) mass is 704 g/mol. The number of rotatable bonds is 29. The van der Waals surface area contributed by atoms with Crippen molar-refractivity contribution in [2.75, 3.05) is 26.2 Å². The second-order valence-corrected chi connectivity index (χ2v) is 20.0. The lowest BCUT2D eigenvalue weighted by Crippen LogP contribution is -3.00. The van der Waals surface area contributed by atoms with E-state index < -0.39 is 14.9 Å². The molecule has 0 rings (SSSR count). The van der Waals surface area contributed by atoms with E-state index in [1.54, 1.807) is 0 Å². The molecule has 0 radical (unpaired) electrons. The molecule has 0 aromatic heterocycles. The molecule has 39 heavy (non-hydrogen) atoms. The molecular formula is C33H71IO3P2. The van der Waals surface area contributed by atoms with Gasteiger partial charge >= 0.3 is 7.60 Å². The van der Waals surface area contributed by atoms with Gasteiger partial charge in [-0.1, -0.05) is 155 Å². The molecule has 0 amide bonds. The quantitative estimate of drug-likeness (QED) is 0.0465. The molecule has 0 spiro atoms. The summed E-state index contributed by atoms with van der Waals surface area (Å²) in [5, 5.41) is -0.150. The second kappa shape index (κ2) is 26.9. The van der Waals surface area contributed by atoms with Crippen LogP contribution in [0.15, 0.2) is 0 Å². The first-order valence-corrected chi connectivity index (χ1v) is 21.9. The fraction of sp³-hybridized carbons (Fsp3) is 1.00. The Bertz CT molecular complexity index is 532. The first kappa shape index (κ1) is 42.4. The summed E-state index contributed by atoms with van der Waals surface area (Å²) in [6.07, 6.45) is 34.1. The maximum Gasteiger partial charge on any atom is 0.329 e. The third-order valence-electron chi connectivity index (χ3n) is 8.91. The Balaban J connectivity index is 0. The van der Waals surface area contributed by atoms with Gasteiger partial charge in [0.15, 0.2) is 0 Å². The molecule has 6 heteroatoms. The predicted octanol–water partition coefficient (Wildman–Crippen LogP) is 9.00. The largest absolute Gasteiger partial charge is 1.00 e. The van der Waals surface area contributed by atoms with E-state index in [2.05, 4.69) is 33.8 Å². The third-order valence-corrected chi connectivity index (χ3v) is 13.6. The first-order valence-electron chi connectivity index (χ1n) is 16.9. The van der Waals surface area contributed by atoms with Crippen LogP contribution in [0.5, 0.6) is 0 Å². The highest BCUT2D eigenvalue weighted by Crippen LogP contribution is 2.67. The van der Waals surface area contributed by atoms with E-state index in [9.17, 15) is 14.4 Å². The van der Waals surface area contributed by atoms with Crippen molar-refractivity contribution in [3.63, 3.8) is 0 Å². The standard InChI is InChI=1S/C33H70O3P2.HI/c1-6-8-10-12-14-16-18-20-22-24-26-28-30-33(37(3,4)5,32-38(34,35)36)31-29-27-25-23-21-19-17-15-13-11-9-7-2;/h6-32H2,1-5H3,(H-,34,35,36);1H. The number of halogens is 1. The van der Waals surface area contributed by atoms with Gasteiger partial charge in [0.2, 0.25) is 0 Å². The molecule has 0 aliphatic heterocycles. The number of hydrogen-bond donors (Lipinski definition) is 2. The van der Waals surface area contributed by atoms with Gasteiger partial charge in [0.05, 0.1) is 11.3 Å². The van der Waals surface area contributed by atoms with Crippen molar-refractivity contribution < 1.29 is 38.3 Å². The van der Waals surface area contributed by atoms with E-state index in [0.717, 1.165) is 25.7 Å². The summed E-state index contributed by atoms with van der Waals surface area (Å²) in [5.41, 5.74) is 0. The van der Waals surface area contributed by atoms with Gasteiger partial charge in [0.1, 0.15) is 0 Å². The van der Waals surface area contributed by atoms with Crippen molar-refractivity contribution in [1.82, 2.24) is 0 Å². The minimum absolute atomic E-state index is 0. The molecule has 0 aliphatic carbocycles. The maximum absolute atomic E-state index is 12.2. The summed E-state index contributed by atoms with van der Waals surface area (Å²) in [5.74, 6) is 0. The van der Waals surface area contributed by atoms with Crippen molar-refractivity contribution in [3.8, 4) is 0 Å². The fourth-order valence-electron chi connectivity index (χ4n) is 6.14. The van der Waals surface area contributed by atoms with Crippen LogP contribution >= 0.6 is 14.9 Å². The van der Waals surface area contributed by atoms with Crippen LogP contribution in [-0.4, -0.2) is 41.1 Å². The topological polar surface area (TPSA) is 57.5 Å². The summed E-state index contributed by atoms with van der Waals surface area (Å²) in [6, 6.07) is 0. The number of unbranched alkanes of at least 4 members (excludes halogenated alkanes) is 22. The summed E-state index contributed by atoms with van der Waals surface area (Å²) >= 11 is 0. The van der Waals surface area contributed by atoms with Crippen LogP contribution in [0.3, 0.4) is 0 Å². The summed E-state index contributed by atoms with van der Waals surface area (Å²) in [4.78, 5) is 20.1. The molecular weight excluding hydrogens is 633 g/mol. The van der Waals surface area contributed by atoms with Crippen LogP contribution in [0, 0.1) is 0 Å². The average Bonchev–Trinajstić information content (AvgIpc) is 2.83. The van der Waals surface area contributed by atoms with Crippen LogP contribution in [0.2, 0.25) is 0 Å². The molecule has 0 aromatic rings. The Labute approximate surface area is 264 Å². The Morgan fingerprint density at radius 2 is 0.718 bits per heavy atom. The zero-order valence-corrected chi connectivity index (χ0v) is 31.1. The zero-order chi connectivity index (χ0) is 28.6. The molecule has 2 N–H and O–H groups in total. The van der Waals surface area contributed by atoms with Crippen molar-refractivity contribution in [2.45, 2.75) is 186 Å². The second-order valence-electron chi connectivity index (χ2n) is 13.3. The molecule has 0 aliphatic rings. The van der Waals surface area contributed by atoms with E-state index in [0.29, 0.717) is 0 Å². The van der Waals surface area contributed by atoms with Crippen LogP contribution in [-0.2, 0) is 4.57 Å². The van der Waals surface area contributed by atoms with E-state index in [4.69, 9.17) is 0 Å². The smallest absolute Gasteiger partial charge is 0.329 e. The highest BCUT2D eigenvalue weighted by atomic mass is 127. The van der Waals surface area contributed by atoms with Crippen molar-refractivity contribution >= 4 is 14.9 Å². The molecule has 3 nitrogen and oxygen atoms in total. The summed E-state index contributed by atoms with van der Waals surface area (Å²) < 4.78 is 12.2. The Morgan fingerprint density at radius 1 is 0.487 bits per heavy atom. The lowest BCUT2D eigenvalue weighted by molar-refractivity contribution is -0.0000141. The molecule has 0 saturated carbocycles. The molecule has 0 unspecified atom stereocenters. The highest BCUT2D eigenvalue weighted by molar-refractivity contribution is 7.76. The van der Waals surface area contributed by atoms with Crippen molar-refractivity contribution in [3.05, 3.63) is 0 Å². The van der Waals surface area contributed by atoms with Gasteiger partial charge in [-0.25, -0.2) is 0 Å². The summed E-state index contributed by atoms with van der Waals surface area (Å²) in [6.45, 7) is 11.5. The Morgan fingerprint density at radius 3 is 0.923 bits per heavy atom. The molecule has 238 valence electrons. The lowest BCUT2D eigenvalue weighted by Gasteiger charge is -2.40.